The minimum atomic E-state index is -0.314. The number of pyridine rings is 2. The van der Waals surface area contributed by atoms with E-state index in [1.807, 2.05) is 90.1 Å². The fourth-order valence-electron chi connectivity index (χ4n) is 11.6. The average molecular weight is 1150 g/mol. The van der Waals surface area contributed by atoms with Crippen LogP contribution in [0.15, 0.2) is 207 Å². The molecule has 2 N–H and O–H groups in total. The SMILES string of the molecule is [2H]c1c([2H])c([2H])c2c(c1[2H])c1ccc(Oc3cc(N4CN(c5c(/C6=C/C=C\N/C=C\C=C/[B]6)cc(C(C)(C)C)cc5/C5=C/C=C\N/C=C\C=C/[B]5)c5ccccc54)cc(-c4c(C(C)(C)C)cc(C(C)(C)C)cc4C(C)(C)C)n3)cc1n2-c1cc(C(C)(C)C)ccn1. The van der Waals surface area contributed by atoms with Crippen LogP contribution in [0.1, 0.15) is 148 Å². The summed E-state index contributed by atoms with van der Waals surface area (Å²) in [5.74, 6) is 5.56. The summed E-state index contributed by atoms with van der Waals surface area (Å²) in [7, 11) is 4.40. The zero-order valence-electron chi connectivity index (χ0n) is 57.3. The van der Waals surface area contributed by atoms with Gasteiger partial charge in [0.2, 0.25) is 5.88 Å². The van der Waals surface area contributed by atoms with Gasteiger partial charge in [-0.1, -0.05) is 181 Å². The molecule has 87 heavy (non-hydrogen) atoms. The van der Waals surface area contributed by atoms with E-state index in [4.69, 9.17) is 17.4 Å². The summed E-state index contributed by atoms with van der Waals surface area (Å²) in [6.07, 6.45) is 26.1. The Labute approximate surface area is 524 Å². The quantitative estimate of drug-likeness (QED) is 0.147. The molecule has 10 heteroatoms. The molecule has 0 saturated heterocycles. The van der Waals surface area contributed by atoms with Crippen LogP contribution in [0.5, 0.6) is 11.6 Å². The molecule has 3 aliphatic rings. The summed E-state index contributed by atoms with van der Waals surface area (Å²) in [6, 6.07) is 31.3. The number of allylic oxidation sites excluding steroid dienone is 8. The number of hydrogen-bond donors (Lipinski definition) is 2. The van der Waals surface area contributed by atoms with E-state index in [-0.39, 0.29) is 51.2 Å². The van der Waals surface area contributed by atoms with Crippen LogP contribution >= 0.6 is 0 Å². The Hall–Kier alpha value is -8.75. The van der Waals surface area contributed by atoms with Crippen molar-refractivity contribution in [1.82, 2.24) is 25.2 Å². The highest BCUT2D eigenvalue weighted by atomic mass is 16.5. The maximum Gasteiger partial charge on any atom is 0.221 e. The van der Waals surface area contributed by atoms with Crippen LogP contribution in [-0.4, -0.2) is 35.8 Å². The molecule has 6 heterocycles. The van der Waals surface area contributed by atoms with Crippen molar-refractivity contribution in [2.45, 2.75) is 131 Å². The van der Waals surface area contributed by atoms with Crippen LogP contribution in [0.4, 0.5) is 22.7 Å². The molecular formula is C77H83B2N7O. The molecule has 438 valence electrons. The first-order chi connectivity index (χ1) is 43.0. The minimum Gasteiger partial charge on any atom is -0.439 e. The van der Waals surface area contributed by atoms with Gasteiger partial charge in [0.05, 0.1) is 45.0 Å². The van der Waals surface area contributed by atoms with E-state index in [1.165, 1.54) is 22.3 Å². The molecule has 0 aliphatic carbocycles. The number of nitrogens with zero attached hydrogens (tertiary/aromatic N) is 5. The monoisotopic (exact) mass is 1150 g/mol. The maximum absolute atomic E-state index is 9.37. The summed E-state index contributed by atoms with van der Waals surface area (Å²) in [5.41, 5.74) is 15.6. The first-order valence-electron chi connectivity index (χ1n) is 32.3. The molecule has 3 aliphatic heterocycles. The summed E-state index contributed by atoms with van der Waals surface area (Å²) in [4.78, 5) is 15.3. The van der Waals surface area contributed by atoms with Crippen LogP contribution in [0.25, 0.3) is 49.8 Å². The summed E-state index contributed by atoms with van der Waals surface area (Å²) in [5, 5.41) is 7.63. The third-order valence-corrected chi connectivity index (χ3v) is 16.3. The van der Waals surface area contributed by atoms with Crippen molar-refractivity contribution in [3.8, 4) is 28.7 Å². The molecule has 3 aromatic heterocycles. The second-order valence-corrected chi connectivity index (χ2v) is 28.0. The smallest absolute Gasteiger partial charge is 0.221 e. The first-order valence-corrected chi connectivity index (χ1v) is 30.3. The number of hydrogen-bond acceptors (Lipinski definition) is 7. The predicted octanol–water partition coefficient (Wildman–Crippen LogP) is 19.1. The fourth-order valence-corrected chi connectivity index (χ4v) is 11.6. The molecule has 8 nitrogen and oxygen atoms in total. The largest absolute Gasteiger partial charge is 0.439 e. The number of ether oxygens (including phenoxy) is 1. The molecule has 0 amide bonds. The zero-order valence-corrected chi connectivity index (χ0v) is 53.3. The van der Waals surface area contributed by atoms with E-state index in [2.05, 4.69) is 230 Å². The number of aromatic nitrogens is 3. The lowest BCUT2D eigenvalue weighted by atomic mass is 9.62. The normalized spacial score (nSPS) is 19.0. The van der Waals surface area contributed by atoms with E-state index in [0.29, 0.717) is 45.9 Å². The van der Waals surface area contributed by atoms with Gasteiger partial charge in [-0.05, 0) is 151 Å². The molecule has 0 saturated carbocycles. The van der Waals surface area contributed by atoms with E-state index in [0.717, 1.165) is 61.6 Å². The molecule has 5 aromatic carbocycles. The zero-order chi connectivity index (χ0) is 65.1. The Morgan fingerprint density at radius 2 is 1.09 bits per heavy atom. The van der Waals surface area contributed by atoms with E-state index in [9.17, 15) is 2.74 Å². The molecule has 8 aromatic rings. The van der Waals surface area contributed by atoms with Gasteiger partial charge in [0.15, 0.2) is 14.6 Å². The van der Waals surface area contributed by atoms with Gasteiger partial charge in [0, 0.05) is 59.5 Å². The standard InChI is InChI=1S/C77H83B2N7O/c1-73(2,3)51-34-41-82-69(46-51)86-65-29-17-16-26-56(65)57-33-32-55(49-68(57)86)87-70-48-54(47-64(83-70)71-60(76(10,11)12)44-53(75(7,8)9)45-61(71)77(13,14)15)84-50-85(67-31-19-18-30-66(67)84)72-58(62-27-24-39-80-37-22-20-35-78-62)42-52(74(4,5)6)43-59(72)63-28-25-40-81-38-23-21-36-79-63/h16-49,80-81H,50H2,1-15H3/b35-20-,36-21-,37-22-,38-23-,39-24-,40-25-,62-27-,63-28-/i16D,17D,26D,29D. The third kappa shape index (κ3) is 12.6. The van der Waals surface area contributed by atoms with Crippen molar-refractivity contribution in [3.05, 3.63) is 246 Å². The van der Waals surface area contributed by atoms with Crippen molar-refractivity contribution >= 4 is 70.1 Å². The molecule has 0 bridgehead atoms. The number of fused-ring (bicyclic) bond motifs is 4. The summed E-state index contributed by atoms with van der Waals surface area (Å²) in [6.45, 7) is 34.2. The Morgan fingerprint density at radius 1 is 0.529 bits per heavy atom. The molecular weight excluding hydrogens is 1060 g/mol. The fraction of sp³-hybridized carbons (Fsp3) is 0.273. The van der Waals surface area contributed by atoms with Gasteiger partial charge in [-0.15, -0.1) is 12.0 Å². The Bertz CT molecular complexity index is 4340. The van der Waals surface area contributed by atoms with E-state index >= 15 is 0 Å². The highest BCUT2D eigenvalue weighted by Gasteiger charge is 2.36. The Kier molecular flexibility index (Phi) is 14.8. The van der Waals surface area contributed by atoms with Crippen LogP contribution < -0.4 is 25.2 Å². The lowest BCUT2D eigenvalue weighted by Crippen LogP contribution is -2.27. The van der Waals surface area contributed by atoms with Crippen molar-refractivity contribution in [2.24, 2.45) is 0 Å². The van der Waals surface area contributed by atoms with Gasteiger partial charge in [0.1, 0.15) is 18.2 Å². The molecule has 2 radical (unpaired) electrons. The molecule has 11 rings (SSSR count). The van der Waals surface area contributed by atoms with Gasteiger partial charge in [0.25, 0.3) is 0 Å². The van der Waals surface area contributed by atoms with Crippen molar-refractivity contribution < 1.29 is 10.2 Å². The lowest BCUT2D eigenvalue weighted by Gasteiger charge is -2.34. The van der Waals surface area contributed by atoms with Gasteiger partial charge in [-0.2, -0.15) is 0 Å². The molecule has 0 atom stereocenters. The van der Waals surface area contributed by atoms with Gasteiger partial charge >= 0.3 is 0 Å². The van der Waals surface area contributed by atoms with Crippen molar-refractivity contribution in [1.29, 1.82) is 0 Å². The summed E-state index contributed by atoms with van der Waals surface area (Å²) < 4.78 is 45.5. The Balaban J connectivity index is 1.18. The van der Waals surface area contributed by atoms with Crippen molar-refractivity contribution in [3.63, 3.8) is 0 Å². The van der Waals surface area contributed by atoms with Gasteiger partial charge in [-0.25, -0.2) is 9.97 Å². The first kappa shape index (κ1) is 54.9. The van der Waals surface area contributed by atoms with Gasteiger partial charge in [-0.3, -0.25) is 4.57 Å². The van der Waals surface area contributed by atoms with Crippen LogP contribution in [0.2, 0.25) is 0 Å². The molecule has 0 fully saturated rings. The van der Waals surface area contributed by atoms with E-state index in [1.54, 1.807) is 6.20 Å². The number of rotatable bonds is 8. The second kappa shape index (κ2) is 23.5. The maximum atomic E-state index is 9.37. The molecule has 0 spiro atoms. The van der Waals surface area contributed by atoms with Gasteiger partial charge < -0.3 is 25.2 Å². The number of nitrogens with one attached hydrogen (secondary N) is 2. The highest BCUT2D eigenvalue weighted by Crippen LogP contribution is 2.52. The number of anilines is 4. The van der Waals surface area contributed by atoms with Crippen LogP contribution in [0.3, 0.4) is 0 Å². The van der Waals surface area contributed by atoms with Crippen LogP contribution in [0, 0.1) is 0 Å². The topological polar surface area (TPSA) is 70.5 Å². The number of para-hydroxylation sites is 3. The molecule has 0 unspecified atom stereocenters. The summed E-state index contributed by atoms with van der Waals surface area (Å²) >= 11 is 0. The Morgan fingerprint density at radius 3 is 1.68 bits per heavy atom. The van der Waals surface area contributed by atoms with Crippen molar-refractivity contribution in [2.75, 3.05) is 16.5 Å². The predicted molar refractivity (Wildman–Crippen MR) is 372 cm³/mol. The number of benzene rings is 5. The minimum absolute atomic E-state index is 0.117. The second-order valence-electron chi connectivity index (χ2n) is 28.0. The lowest BCUT2D eigenvalue weighted by molar-refractivity contribution is 0.464. The third-order valence-electron chi connectivity index (χ3n) is 16.3. The highest BCUT2D eigenvalue weighted by molar-refractivity contribution is 6.67. The van der Waals surface area contributed by atoms with Crippen LogP contribution in [-0.2, 0) is 27.1 Å². The van der Waals surface area contributed by atoms with E-state index < -0.39 is 0 Å². The average Bonchev–Trinajstić information content (AvgIpc) is 1.63.